The number of aliphatic hydroxyl groups is 1. The molecule has 1 atom stereocenters. The SMILES string of the molecule is CNCC(O)COc1ccc(F)c(-c2nc(N)c(C)c(-c3c(C)noc3C)n2)c1. The summed E-state index contributed by atoms with van der Waals surface area (Å²) in [5, 5.41) is 16.6. The van der Waals surface area contributed by atoms with Crippen molar-refractivity contribution in [3.63, 3.8) is 0 Å². The maximum Gasteiger partial charge on any atom is 0.165 e. The van der Waals surface area contributed by atoms with Gasteiger partial charge in [0.1, 0.15) is 35.9 Å². The third-order valence-electron chi connectivity index (χ3n) is 4.51. The zero-order valence-corrected chi connectivity index (χ0v) is 16.8. The van der Waals surface area contributed by atoms with Gasteiger partial charge in [-0.15, -0.1) is 0 Å². The fourth-order valence-electron chi connectivity index (χ4n) is 2.97. The molecule has 2 aromatic heterocycles. The van der Waals surface area contributed by atoms with Crippen molar-refractivity contribution in [1.29, 1.82) is 0 Å². The molecule has 154 valence electrons. The molecule has 3 rings (SSSR count). The van der Waals surface area contributed by atoms with Gasteiger partial charge in [-0.2, -0.15) is 0 Å². The van der Waals surface area contributed by atoms with Gasteiger partial charge in [-0.25, -0.2) is 14.4 Å². The number of hydrogen-bond acceptors (Lipinski definition) is 8. The van der Waals surface area contributed by atoms with Gasteiger partial charge in [0.25, 0.3) is 0 Å². The number of nitrogens with zero attached hydrogens (tertiary/aromatic N) is 3. The van der Waals surface area contributed by atoms with Crippen LogP contribution in [-0.4, -0.2) is 46.5 Å². The van der Waals surface area contributed by atoms with E-state index in [-0.39, 0.29) is 23.8 Å². The maximum atomic E-state index is 14.6. The summed E-state index contributed by atoms with van der Waals surface area (Å²) in [7, 11) is 1.73. The Bertz CT molecular complexity index is 1000. The van der Waals surface area contributed by atoms with E-state index in [4.69, 9.17) is 15.0 Å². The first kappa shape index (κ1) is 20.7. The highest BCUT2D eigenvalue weighted by Gasteiger charge is 2.20. The quantitative estimate of drug-likeness (QED) is 0.552. The smallest absolute Gasteiger partial charge is 0.165 e. The van der Waals surface area contributed by atoms with Gasteiger partial charge in [0, 0.05) is 12.1 Å². The van der Waals surface area contributed by atoms with Gasteiger partial charge >= 0.3 is 0 Å². The second-order valence-electron chi connectivity index (χ2n) is 6.77. The molecule has 2 heterocycles. The van der Waals surface area contributed by atoms with Crippen LogP contribution in [-0.2, 0) is 0 Å². The van der Waals surface area contributed by atoms with E-state index in [1.54, 1.807) is 27.8 Å². The van der Waals surface area contributed by atoms with Crippen LogP contribution in [0.1, 0.15) is 17.0 Å². The summed E-state index contributed by atoms with van der Waals surface area (Å²) in [6.45, 7) is 5.81. The average molecular weight is 401 g/mol. The van der Waals surface area contributed by atoms with Gasteiger partial charge in [0.15, 0.2) is 5.82 Å². The Morgan fingerprint density at radius 3 is 2.69 bits per heavy atom. The molecule has 3 aromatic rings. The third kappa shape index (κ3) is 4.36. The highest BCUT2D eigenvalue weighted by molar-refractivity contribution is 5.74. The molecule has 0 aliphatic rings. The molecule has 0 aliphatic heterocycles. The van der Waals surface area contributed by atoms with Crippen LogP contribution in [0.25, 0.3) is 22.6 Å². The predicted molar refractivity (Wildman–Crippen MR) is 107 cm³/mol. The van der Waals surface area contributed by atoms with E-state index in [1.807, 2.05) is 0 Å². The minimum atomic E-state index is -0.689. The van der Waals surface area contributed by atoms with Crippen molar-refractivity contribution >= 4 is 5.82 Å². The summed E-state index contributed by atoms with van der Waals surface area (Å²) < 4.78 is 25.4. The van der Waals surface area contributed by atoms with Crippen LogP contribution >= 0.6 is 0 Å². The van der Waals surface area contributed by atoms with Gasteiger partial charge in [0.05, 0.1) is 22.5 Å². The fourth-order valence-corrected chi connectivity index (χ4v) is 2.97. The minimum absolute atomic E-state index is 0.0626. The van der Waals surface area contributed by atoms with E-state index in [0.717, 1.165) is 0 Å². The van der Waals surface area contributed by atoms with Crippen molar-refractivity contribution < 1.29 is 18.8 Å². The van der Waals surface area contributed by atoms with E-state index in [9.17, 15) is 9.50 Å². The number of anilines is 1. The molecule has 9 heteroatoms. The van der Waals surface area contributed by atoms with E-state index in [1.165, 1.54) is 18.2 Å². The highest BCUT2D eigenvalue weighted by Crippen LogP contribution is 2.33. The Balaban J connectivity index is 2.01. The number of nitrogen functional groups attached to an aromatic ring is 1. The summed E-state index contributed by atoms with van der Waals surface area (Å²) >= 11 is 0. The predicted octanol–water partition coefficient (Wildman–Crippen LogP) is 2.40. The number of nitrogens with one attached hydrogen (secondary N) is 1. The lowest BCUT2D eigenvalue weighted by atomic mass is 10.0. The number of halogens is 1. The monoisotopic (exact) mass is 401 g/mol. The molecule has 0 radical (unpaired) electrons. The molecule has 29 heavy (non-hydrogen) atoms. The largest absolute Gasteiger partial charge is 0.491 e. The number of nitrogens with two attached hydrogens (primary N) is 1. The summed E-state index contributed by atoms with van der Waals surface area (Å²) in [5.41, 5.74) is 8.80. The average Bonchev–Trinajstić information content (AvgIpc) is 3.02. The number of hydrogen-bond donors (Lipinski definition) is 3. The zero-order chi connectivity index (χ0) is 21.1. The van der Waals surface area contributed by atoms with Crippen molar-refractivity contribution in [3.8, 4) is 28.4 Å². The second-order valence-corrected chi connectivity index (χ2v) is 6.77. The fraction of sp³-hybridized carbons (Fsp3) is 0.350. The molecule has 0 saturated heterocycles. The Hall–Kier alpha value is -3.04. The third-order valence-corrected chi connectivity index (χ3v) is 4.51. The molecule has 1 aromatic carbocycles. The molecule has 0 aliphatic carbocycles. The lowest BCUT2D eigenvalue weighted by Crippen LogP contribution is -2.29. The number of likely N-dealkylation sites (N-methyl/N-ethyl adjacent to an activating group) is 1. The van der Waals surface area contributed by atoms with Crippen molar-refractivity contribution in [2.24, 2.45) is 0 Å². The van der Waals surface area contributed by atoms with Crippen molar-refractivity contribution in [2.75, 3.05) is 25.9 Å². The van der Waals surface area contributed by atoms with Crippen LogP contribution in [0.2, 0.25) is 0 Å². The maximum absolute atomic E-state index is 14.6. The summed E-state index contributed by atoms with van der Waals surface area (Å²) in [5.74, 6) is 0.826. The summed E-state index contributed by atoms with van der Waals surface area (Å²) in [6, 6.07) is 4.24. The summed E-state index contributed by atoms with van der Waals surface area (Å²) in [6.07, 6.45) is -0.689. The first-order valence-electron chi connectivity index (χ1n) is 9.14. The molecule has 0 amide bonds. The first-order valence-corrected chi connectivity index (χ1v) is 9.14. The molecule has 0 bridgehead atoms. The highest BCUT2D eigenvalue weighted by atomic mass is 19.1. The number of benzene rings is 1. The van der Waals surface area contributed by atoms with E-state index >= 15 is 0 Å². The lowest BCUT2D eigenvalue weighted by molar-refractivity contribution is 0.108. The Kier molecular flexibility index (Phi) is 6.09. The van der Waals surface area contributed by atoms with Crippen molar-refractivity contribution in [2.45, 2.75) is 26.9 Å². The van der Waals surface area contributed by atoms with E-state index < -0.39 is 11.9 Å². The van der Waals surface area contributed by atoms with Crippen LogP contribution in [0, 0.1) is 26.6 Å². The van der Waals surface area contributed by atoms with Crippen LogP contribution in [0.5, 0.6) is 5.75 Å². The van der Waals surface area contributed by atoms with Crippen LogP contribution in [0.4, 0.5) is 10.2 Å². The number of ether oxygens (including phenoxy) is 1. The first-order chi connectivity index (χ1) is 13.8. The number of aromatic nitrogens is 3. The zero-order valence-electron chi connectivity index (χ0n) is 16.8. The summed E-state index contributed by atoms with van der Waals surface area (Å²) in [4.78, 5) is 8.81. The molecule has 4 N–H and O–H groups in total. The number of aryl methyl sites for hydroxylation is 2. The normalized spacial score (nSPS) is 12.2. The Morgan fingerprint density at radius 1 is 1.28 bits per heavy atom. The second kappa shape index (κ2) is 8.54. The Labute approximate surface area is 167 Å². The Morgan fingerprint density at radius 2 is 2.03 bits per heavy atom. The van der Waals surface area contributed by atoms with Gasteiger partial charge in [-0.1, -0.05) is 5.16 Å². The molecule has 8 nitrogen and oxygen atoms in total. The van der Waals surface area contributed by atoms with Crippen molar-refractivity contribution in [3.05, 3.63) is 41.0 Å². The molecular weight excluding hydrogens is 377 g/mol. The van der Waals surface area contributed by atoms with Gasteiger partial charge in [-0.05, 0) is 46.0 Å². The van der Waals surface area contributed by atoms with Gasteiger partial charge in [-0.3, -0.25) is 0 Å². The standard InChI is InChI=1S/C20H24FN5O3/c1-10-18(17-11(2)26-29-12(17)3)24-20(25-19(10)22)15-7-14(5-6-16(15)21)28-9-13(27)8-23-4/h5-7,13,23,27H,8-9H2,1-4H3,(H2,22,24,25). The number of rotatable bonds is 7. The van der Waals surface area contributed by atoms with Gasteiger partial charge in [0.2, 0.25) is 0 Å². The van der Waals surface area contributed by atoms with Crippen LogP contribution in [0.15, 0.2) is 22.7 Å². The lowest BCUT2D eigenvalue weighted by Gasteiger charge is -2.14. The molecule has 0 saturated carbocycles. The van der Waals surface area contributed by atoms with Gasteiger partial charge < -0.3 is 25.4 Å². The van der Waals surface area contributed by atoms with Crippen LogP contribution in [0.3, 0.4) is 0 Å². The number of aliphatic hydroxyl groups excluding tert-OH is 1. The molecule has 0 spiro atoms. The van der Waals surface area contributed by atoms with E-state index in [0.29, 0.717) is 40.6 Å². The van der Waals surface area contributed by atoms with Crippen molar-refractivity contribution in [1.82, 2.24) is 20.4 Å². The molecule has 1 unspecified atom stereocenters. The minimum Gasteiger partial charge on any atom is -0.491 e. The van der Waals surface area contributed by atoms with E-state index in [2.05, 4.69) is 20.4 Å². The molecular formula is C20H24FN5O3. The topological polar surface area (TPSA) is 119 Å². The van der Waals surface area contributed by atoms with Crippen LogP contribution < -0.4 is 15.8 Å². The molecule has 0 fully saturated rings.